The molecule has 0 aromatic carbocycles. The molecule has 11 heteroatoms. The molecule has 1 aliphatic heterocycles. The minimum atomic E-state index is -2.02. The predicted molar refractivity (Wildman–Crippen MR) is 113 cm³/mol. The standard InChI is InChI=1S/C23H35NO10/c1-8(24)14(25)19(30)34-9-4-10-16(27)17(28)12-13(18(29)21(31,5-9)20(10,2)3)22(32)7-33-23(22)6-11(23)15(12)26/h8-16,18,25-27,29,31-32H,4-7,24H2,1-3H3/t8-,9+,10?,11+,12?,13+,14+,15-,16+,18-,21+,22+,23?/m0/s1. The van der Waals surface area contributed by atoms with Crippen LogP contribution in [0.25, 0.3) is 0 Å². The molecule has 5 fully saturated rings. The Kier molecular flexibility index (Phi) is 5.19. The third kappa shape index (κ3) is 2.75. The van der Waals surface area contributed by atoms with Crippen molar-refractivity contribution in [3.63, 3.8) is 0 Å². The topological polar surface area (TPSA) is 200 Å². The Morgan fingerprint density at radius 3 is 2.35 bits per heavy atom. The van der Waals surface area contributed by atoms with Gasteiger partial charge < -0.3 is 45.8 Å². The maximum absolute atomic E-state index is 13.6. The van der Waals surface area contributed by atoms with E-state index < -0.39 is 94.2 Å². The van der Waals surface area contributed by atoms with Crippen molar-refractivity contribution in [1.82, 2.24) is 0 Å². The normalized spacial score (nSPS) is 54.7. The lowest BCUT2D eigenvalue weighted by Gasteiger charge is -2.65. The van der Waals surface area contributed by atoms with E-state index in [4.69, 9.17) is 15.2 Å². The van der Waals surface area contributed by atoms with Crippen LogP contribution < -0.4 is 5.73 Å². The van der Waals surface area contributed by atoms with Crippen molar-refractivity contribution < 1.29 is 49.7 Å². The summed E-state index contributed by atoms with van der Waals surface area (Å²) in [4.78, 5) is 25.9. The van der Waals surface area contributed by atoms with Gasteiger partial charge in [-0.25, -0.2) is 4.79 Å². The van der Waals surface area contributed by atoms with E-state index in [1.165, 1.54) is 6.92 Å². The number of ether oxygens (including phenoxy) is 2. The zero-order valence-electron chi connectivity index (χ0n) is 19.5. The summed E-state index contributed by atoms with van der Waals surface area (Å²) in [7, 11) is 0. The summed E-state index contributed by atoms with van der Waals surface area (Å²) in [6, 6.07) is -0.904. The van der Waals surface area contributed by atoms with E-state index in [0.717, 1.165) is 0 Å². The summed E-state index contributed by atoms with van der Waals surface area (Å²) < 4.78 is 11.0. The highest BCUT2D eigenvalue weighted by Gasteiger charge is 2.85. The smallest absolute Gasteiger partial charge is 0.336 e. The van der Waals surface area contributed by atoms with Crippen LogP contribution in [0, 0.1) is 29.1 Å². The number of aliphatic hydroxyl groups excluding tert-OH is 4. The predicted octanol–water partition coefficient (Wildman–Crippen LogP) is -2.79. The molecule has 0 amide bonds. The van der Waals surface area contributed by atoms with Gasteiger partial charge in [0, 0.05) is 35.6 Å². The number of ketones is 1. The molecule has 34 heavy (non-hydrogen) atoms. The molecule has 1 heterocycles. The molecule has 3 unspecified atom stereocenters. The number of carbonyl (C=O) groups excluding carboxylic acids is 2. The molecule has 4 aliphatic carbocycles. The molecule has 4 saturated carbocycles. The molecule has 13 atom stereocenters. The van der Waals surface area contributed by atoms with Gasteiger partial charge >= 0.3 is 5.97 Å². The van der Waals surface area contributed by atoms with Crippen molar-refractivity contribution in [2.24, 2.45) is 34.8 Å². The fourth-order valence-corrected chi connectivity index (χ4v) is 7.52. The first-order chi connectivity index (χ1) is 15.6. The SMILES string of the molecule is C[C@H](N)[C@@H](O)C(=O)O[C@@H]1CC2[C@@H](O)C(=O)C3[C@@H](O)[C@H]4CC45OC[C@@]5(O)[C@H]3[C@H](O)[C@](O)(C1)C2(C)C. The van der Waals surface area contributed by atoms with Crippen molar-refractivity contribution in [3.05, 3.63) is 0 Å². The summed E-state index contributed by atoms with van der Waals surface area (Å²) in [5, 5.41) is 67.5. The molecule has 8 N–H and O–H groups in total. The van der Waals surface area contributed by atoms with Gasteiger partial charge in [0.05, 0.1) is 30.3 Å². The zero-order valence-corrected chi connectivity index (χ0v) is 19.5. The highest BCUT2D eigenvalue weighted by atomic mass is 16.6. The minimum absolute atomic E-state index is 0.0133. The molecular formula is C23H35NO10. The van der Waals surface area contributed by atoms with E-state index in [1.807, 2.05) is 0 Å². The number of nitrogens with two attached hydrogens (primary N) is 1. The summed E-state index contributed by atoms with van der Waals surface area (Å²) in [6.07, 6.45) is -7.20. The van der Waals surface area contributed by atoms with Gasteiger partial charge in [0.15, 0.2) is 11.9 Å². The van der Waals surface area contributed by atoms with Gasteiger partial charge in [-0.05, 0) is 19.8 Å². The number of Topliss-reactive ketones (excluding diaryl/α,β-unsaturated/α-hetero) is 1. The van der Waals surface area contributed by atoms with Crippen LogP contribution in [0.5, 0.6) is 0 Å². The van der Waals surface area contributed by atoms with Crippen LogP contribution in [-0.4, -0.2) is 102 Å². The lowest BCUT2D eigenvalue weighted by atomic mass is 9.47. The zero-order chi connectivity index (χ0) is 25.2. The highest BCUT2D eigenvalue weighted by Crippen LogP contribution is 2.71. The van der Waals surface area contributed by atoms with Crippen molar-refractivity contribution >= 4 is 11.8 Å². The number of hydrogen-bond donors (Lipinski definition) is 7. The minimum Gasteiger partial charge on any atom is -0.460 e. The Balaban J connectivity index is 1.56. The molecule has 5 aliphatic rings. The van der Waals surface area contributed by atoms with E-state index >= 15 is 0 Å². The summed E-state index contributed by atoms with van der Waals surface area (Å²) >= 11 is 0. The molecule has 0 aromatic rings. The third-order valence-electron chi connectivity index (χ3n) is 9.91. The second-order valence-corrected chi connectivity index (χ2v) is 11.8. The van der Waals surface area contributed by atoms with Crippen molar-refractivity contribution in [3.8, 4) is 0 Å². The average molecular weight is 486 g/mol. The fraction of sp³-hybridized carbons (Fsp3) is 0.913. The van der Waals surface area contributed by atoms with Crippen LogP contribution in [0.1, 0.15) is 40.0 Å². The first-order valence-electron chi connectivity index (χ1n) is 11.9. The maximum atomic E-state index is 13.6. The van der Waals surface area contributed by atoms with Crippen LogP contribution in [-0.2, 0) is 19.1 Å². The molecule has 0 radical (unpaired) electrons. The number of aliphatic hydroxyl groups is 6. The second-order valence-electron chi connectivity index (χ2n) is 11.8. The van der Waals surface area contributed by atoms with Crippen molar-refractivity contribution in [2.45, 2.75) is 93.4 Å². The van der Waals surface area contributed by atoms with Crippen molar-refractivity contribution in [2.75, 3.05) is 6.61 Å². The van der Waals surface area contributed by atoms with Crippen LogP contribution in [0.2, 0.25) is 0 Å². The molecular weight excluding hydrogens is 450 g/mol. The Morgan fingerprint density at radius 2 is 1.79 bits per heavy atom. The average Bonchev–Trinajstić information content (AvgIpc) is 3.54. The summed E-state index contributed by atoms with van der Waals surface area (Å²) in [6.45, 7) is 4.48. The van der Waals surface area contributed by atoms with Gasteiger partial charge in [-0.2, -0.15) is 0 Å². The van der Waals surface area contributed by atoms with Crippen molar-refractivity contribution in [1.29, 1.82) is 0 Å². The monoisotopic (exact) mass is 485 g/mol. The Labute approximate surface area is 196 Å². The van der Waals surface area contributed by atoms with Crippen LogP contribution in [0.3, 0.4) is 0 Å². The van der Waals surface area contributed by atoms with Crippen LogP contribution >= 0.6 is 0 Å². The summed E-state index contributed by atoms with van der Waals surface area (Å²) in [5.74, 6) is -5.75. The highest BCUT2D eigenvalue weighted by molar-refractivity contribution is 5.87. The first kappa shape index (κ1) is 24.5. The first-order valence-corrected chi connectivity index (χ1v) is 11.9. The Hall–Kier alpha value is -1.18. The molecule has 1 spiro atoms. The number of fused-ring (bicyclic) bond motifs is 4. The molecule has 0 aromatic heterocycles. The van der Waals surface area contributed by atoms with E-state index in [-0.39, 0.29) is 19.4 Å². The van der Waals surface area contributed by atoms with E-state index in [9.17, 15) is 40.2 Å². The number of hydrogen-bond acceptors (Lipinski definition) is 11. The number of carbonyl (C=O) groups is 2. The van der Waals surface area contributed by atoms with Gasteiger partial charge in [0.25, 0.3) is 0 Å². The van der Waals surface area contributed by atoms with Gasteiger partial charge in [0.2, 0.25) is 0 Å². The van der Waals surface area contributed by atoms with E-state index in [2.05, 4.69) is 0 Å². The number of esters is 1. The molecule has 11 nitrogen and oxygen atoms in total. The van der Waals surface area contributed by atoms with Gasteiger partial charge in [-0.1, -0.05) is 13.8 Å². The fourth-order valence-electron chi connectivity index (χ4n) is 7.52. The molecule has 5 rings (SSSR count). The molecule has 192 valence electrons. The van der Waals surface area contributed by atoms with E-state index in [0.29, 0.717) is 6.42 Å². The lowest BCUT2D eigenvalue weighted by molar-refractivity contribution is -0.348. The van der Waals surface area contributed by atoms with Gasteiger partial charge in [0.1, 0.15) is 23.4 Å². The molecule has 2 bridgehead atoms. The third-order valence-corrected chi connectivity index (χ3v) is 9.91. The van der Waals surface area contributed by atoms with Gasteiger partial charge in [-0.3, -0.25) is 4.79 Å². The van der Waals surface area contributed by atoms with Crippen LogP contribution in [0.15, 0.2) is 0 Å². The summed E-state index contributed by atoms with van der Waals surface area (Å²) in [5.41, 5.74) is -0.427. The maximum Gasteiger partial charge on any atom is 0.336 e. The van der Waals surface area contributed by atoms with Gasteiger partial charge in [-0.15, -0.1) is 0 Å². The largest absolute Gasteiger partial charge is 0.460 e. The molecule has 1 saturated heterocycles. The Morgan fingerprint density at radius 1 is 1.15 bits per heavy atom. The second kappa shape index (κ2) is 7.19. The number of rotatable bonds is 3. The van der Waals surface area contributed by atoms with E-state index in [1.54, 1.807) is 13.8 Å². The lowest BCUT2D eigenvalue weighted by Crippen LogP contribution is -2.79. The van der Waals surface area contributed by atoms with Crippen LogP contribution in [0.4, 0.5) is 0 Å². The quantitative estimate of drug-likeness (QED) is 0.204. The Bertz CT molecular complexity index is 910.